The lowest BCUT2D eigenvalue weighted by molar-refractivity contribution is -0.136. The first-order chi connectivity index (χ1) is 12.0. The molecule has 0 heterocycles. The number of amides is 2. The van der Waals surface area contributed by atoms with E-state index in [1.54, 1.807) is 6.07 Å². The van der Waals surface area contributed by atoms with Crippen LogP contribution in [0.15, 0.2) is 54.6 Å². The van der Waals surface area contributed by atoms with Crippen LogP contribution in [0.1, 0.15) is 30.9 Å². The Morgan fingerprint density at radius 2 is 1.72 bits per heavy atom. The highest BCUT2D eigenvalue weighted by Gasteiger charge is 2.15. The second kappa shape index (κ2) is 8.99. The van der Waals surface area contributed by atoms with Gasteiger partial charge in [-0.05, 0) is 29.2 Å². The van der Waals surface area contributed by atoms with Crippen LogP contribution in [0.4, 0.5) is 5.69 Å². The Bertz CT molecular complexity index is 714. The summed E-state index contributed by atoms with van der Waals surface area (Å²) in [7, 11) is 0. The fourth-order valence-electron chi connectivity index (χ4n) is 2.41. The van der Waals surface area contributed by atoms with Gasteiger partial charge in [-0.25, -0.2) is 0 Å². The third kappa shape index (κ3) is 6.04. The third-order valence-electron chi connectivity index (χ3n) is 3.83. The molecule has 0 bridgehead atoms. The van der Waals surface area contributed by atoms with Gasteiger partial charge in [0.15, 0.2) is 0 Å². The number of aliphatic hydroxyl groups excluding tert-OH is 1. The van der Waals surface area contributed by atoms with Crippen molar-refractivity contribution in [1.29, 1.82) is 0 Å². The molecule has 3 N–H and O–H groups in total. The van der Waals surface area contributed by atoms with Crippen LogP contribution in [0.2, 0.25) is 0 Å². The number of nitrogens with one attached hydrogen (secondary N) is 2. The minimum atomic E-state index is -0.762. The molecular weight excluding hydrogens is 316 g/mol. The highest BCUT2D eigenvalue weighted by atomic mass is 16.3. The molecule has 132 valence electrons. The van der Waals surface area contributed by atoms with Crippen LogP contribution >= 0.6 is 0 Å². The molecule has 0 fully saturated rings. The quantitative estimate of drug-likeness (QED) is 0.707. The van der Waals surface area contributed by atoms with E-state index in [0.717, 1.165) is 11.1 Å². The first-order valence-electron chi connectivity index (χ1n) is 8.37. The number of aliphatic hydroxyl groups is 1. The standard InChI is InChI=1S/C20H24N2O3/c1-14(2)16-9-6-10-17(12-16)22-20(25)19(24)21-13-18(23)11-15-7-4-3-5-8-15/h3-10,12,14,18,23H,11,13H2,1-2H3,(H,21,24)(H,22,25). The zero-order valence-corrected chi connectivity index (χ0v) is 14.5. The third-order valence-corrected chi connectivity index (χ3v) is 3.83. The SMILES string of the molecule is CC(C)c1cccc(NC(=O)C(=O)NCC(O)Cc2ccccc2)c1. The maximum atomic E-state index is 12.0. The Labute approximate surface area is 148 Å². The zero-order valence-electron chi connectivity index (χ0n) is 14.5. The molecule has 1 atom stereocenters. The highest BCUT2D eigenvalue weighted by molar-refractivity contribution is 6.39. The molecule has 0 aliphatic rings. The molecule has 2 aromatic carbocycles. The van der Waals surface area contributed by atoms with Crippen LogP contribution in [0.25, 0.3) is 0 Å². The van der Waals surface area contributed by atoms with Gasteiger partial charge < -0.3 is 15.7 Å². The second-order valence-corrected chi connectivity index (χ2v) is 6.29. The van der Waals surface area contributed by atoms with Gasteiger partial charge in [-0.15, -0.1) is 0 Å². The van der Waals surface area contributed by atoms with E-state index in [-0.39, 0.29) is 6.54 Å². The molecule has 25 heavy (non-hydrogen) atoms. The van der Waals surface area contributed by atoms with E-state index in [9.17, 15) is 14.7 Å². The van der Waals surface area contributed by atoms with Crippen molar-refractivity contribution in [3.8, 4) is 0 Å². The van der Waals surface area contributed by atoms with Crippen LogP contribution in [-0.2, 0) is 16.0 Å². The fourth-order valence-corrected chi connectivity index (χ4v) is 2.41. The molecule has 5 nitrogen and oxygen atoms in total. The number of benzene rings is 2. The molecule has 0 saturated carbocycles. The predicted molar refractivity (Wildman–Crippen MR) is 98.3 cm³/mol. The van der Waals surface area contributed by atoms with Crippen LogP contribution in [-0.4, -0.2) is 29.6 Å². The molecule has 0 saturated heterocycles. The van der Waals surface area contributed by atoms with Gasteiger partial charge in [0.2, 0.25) is 0 Å². The number of hydrogen-bond donors (Lipinski definition) is 3. The second-order valence-electron chi connectivity index (χ2n) is 6.29. The van der Waals surface area contributed by atoms with E-state index in [4.69, 9.17) is 0 Å². The van der Waals surface area contributed by atoms with Crippen LogP contribution in [0.5, 0.6) is 0 Å². The molecule has 2 amide bonds. The van der Waals surface area contributed by atoms with Crippen molar-refractivity contribution in [2.24, 2.45) is 0 Å². The largest absolute Gasteiger partial charge is 0.391 e. The monoisotopic (exact) mass is 340 g/mol. The summed E-state index contributed by atoms with van der Waals surface area (Å²) in [6.07, 6.45) is -0.331. The Hall–Kier alpha value is -2.66. The van der Waals surface area contributed by atoms with Crippen molar-refractivity contribution < 1.29 is 14.7 Å². The molecule has 0 spiro atoms. The summed E-state index contributed by atoms with van der Waals surface area (Å²) in [6.45, 7) is 4.14. The molecule has 0 aromatic heterocycles. The van der Waals surface area contributed by atoms with Gasteiger partial charge in [-0.2, -0.15) is 0 Å². The zero-order chi connectivity index (χ0) is 18.2. The van der Waals surface area contributed by atoms with Gasteiger partial charge in [0.25, 0.3) is 0 Å². The maximum absolute atomic E-state index is 12.0. The van der Waals surface area contributed by atoms with Gasteiger partial charge in [0.05, 0.1) is 6.10 Å². The lowest BCUT2D eigenvalue weighted by Gasteiger charge is -2.12. The smallest absolute Gasteiger partial charge is 0.313 e. The van der Waals surface area contributed by atoms with Crippen molar-refractivity contribution in [1.82, 2.24) is 5.32 Å². The number of carbonyl (C=O) groups is 2. The molecule has 2 rings (SSSR count). The average Bonchev–Trinajstić information content (AvgIpc) is 2.60. The molecular formula is C20H24N2O3. The number of rotatable bonds is 6. The predicted octanol–water partition coefficient (Wildman–Crippen LogP) is 2.47. The minimum Gasteiger partial charge on any atom is -0.391 e. The van der Waals surface area contributed by atoms with Crippen LogP contribution in [0.3, 0.4) is 0 Å². The number of anilines is 1. The molecule has 5 heteroatoms. The van der Waals surface area contributed by atoms with E-state index in [1.165, 1.54) is 0 Å². The van der Waals surface area contributed by atoms with Gasteiger partial charge in [0.1, 0.15) is 0 Å². The summed E-state index contributed by atoms with van der Waals surface area (Å²) in [4.78, 5) is 23.8. The first kappa shape index (κ1) is 18.7. The number of carbonyl (C=O) groups excluding carboxylic acids is 2. The molecule has 2 aromatic rings. The summed E-state index contributed by atoms with van der Waals surface area (Å²) in [5.41, 5.74) is 2.63. The summed E-state index contributed by atoms with van der Waals surface area (Å²) in [6, 6.07) is 16.9. The van der Waals surface area contributed by atoms with E-state index >= 15 is 0 Å². The molecule has 0 aliphatic heterocycles. The Balaban J connectivity index is 1.82. The van der Waals surface area contributed by atoms with E-state index in [0.29, 0.717) is 18.0 Å². The summed E-state index contributed by atoms with van der Waals surface area (Å²) < 4.78 is 0. The van der Waals surface area contributed by atoms with Gasteiger partial charge in [-0.3, -0.25) is 9.59 Å². The minimum absolute atomic E-state index is 0.0210. The molecule has 0 radical (unpaired) electrons. The fraction of sp³-hybridized carbons (Fsp3) is 0.300. The van der Waals surface area contributed by atoms with Gasteiger partial charge in [-0.1, -0.05) is 56.3 Å². The summed E-state index contributed by atoms with van der Waals surface area (Å²) >= 11 is 0. The van der Waals surface area contributed by atoms with Crippen molar-refractivity contribution >= 4 is 17.5 Å². The van der Waals surface area contributed by atoms with Gasteiger partial charge >= 0.3 is 11.8 Å². The average molecular weight is 340 g/mol. The van der Waals surface area contributed by atoms with Crippen LogP contribution < -0.4 is 10.6 Å². The Morgan fingerprint density at radius 3 is 2.40 bits per heavy atom. The Kier molecular flexibility index (Phi) is 6.71. The highest BCUT2D eigenvalue weighted by Crippen LogP contribution is 2.18. The number of hydrogen-bond acceptors (Lipinski definition) is 3. The van der Waals surface area contributed by atoms with Crippen molar-refractivity contribution in [2.45, 2.75) is 32.3 Å². The first-order valence-corrected chi connectivity index (χ1v) is 8.37. The van der Waals surface area contributed by atoms with Crippen molar-refractivity contribution in [3.63, 3.8) is 0 Å². The molecule has 0 aliphatic carbocycles. The van der Waals surface area contributed by atoms with E-state index in [1.807, 2.05) is 48.5 Å². The van der Waals surface area contributed by atoms with E-state index < -0.39 is 17.9 Å². The maximum Gasteiger partial charge on any atom is 0.313 e. The molecule has 1 unspecified atom stereocenters. The van der Waals surface area contributed by atoms with Crippen LogP contribution in [0, 0.1) is 0 Å². The Morgan fingerprint density at radius 1 is 1.00 bits per heavy atom. The normalized spacial score (nSPS) is 11.8. The van der Waals surface area contributed by atoms with Crippen molar-refractivity contribution in [3.05, 3.63) is 65.7 Å². The lowest BCUT2D eigenvalue weighted by Crippen LogP contribution is -2.40. The van der Waals surface area contributed by atoms with Gasteiger partial charge in [0, 0.05) is 18.7 Å². The lowest BCUT2D eigenvalue weighted by atomic mass is 10.0. The summed E-state index contributed by atoms with van der Waals surface area (Å²) in [5.74, 6) is -1.17. The summed E-state index contributed by atoms with van der Waals surface area (Å²) in [5, 5.41) is 15.0. The van der Waals surface area contributed by atoms with Crippen molar-refractivity contribution in [2.75, 3.05) is 11.9 Å². The topological polar surface area (TPSA) is 78.4 Å². The van der Waals surface area contributed by atoms with E-state index in [2.05, 4.69) is 24.5 Å².